The molecule has 1 aliphatic carbocycles. The number of hydrogen-bond donors (Lipinski definition) is 0. The number of esters is 2. The zero-order chi connectivity index (χ0) is 29.6. The molecule has 0 bridgehead atoms. The van der Waals surface area contributed by atoms with Crippen molar-refractivity contribution >= 4 is 23.7 Å². The van der Waals surface area contributed by atoms with E-state index in [1.165, 1.54) is 0 Å². The quantitative estimate of drug-likeness (QED) is 0.294. The van der Waals surface area contributed by atoms with Crippen molar-refractivity contribution in [2.75, 3.05) is 0 Å². The van der Waals surface area contributed by atoms with Crippen molar-refractivity contribution in [1.82, 2.24) is 0 Å². The Labute approximate surface area is 246 Å². The molecular formula is C32H40O8S. The van der Waals surface area contributed by atoms with Gasteiger partial charge < -0.3 is 28.4 Å². The van der Waals surface area contributed by atoms with Gasteiger partial charge in [0.25, 0.3) is 0 Å². The van der Waals surface area contributed by atoms with E-state index in [2.05, 4.69) is 0 Å². The van der Waals surface area contributed by atoms with Crippen molar-refractivity contribution in [2.45, 2.75) is 113 Å². The molecule has 3 fully saturated rings. The summed E-state index contributed by atoms with van der Waals surface area (Å²) in [6.07, 6.45) is -4.40. The lowest BCUT2D eigenvalue weighted by atomic mass is 9.84. The van der Waals surface area contributed by atoms with Crippen LogP contribution >= 0.6 is 11.8 Å². The van der Waals surface area contributed by atoms with Gasteiger partial charge in [0.05, 0.1) is 11.8 Å². The molecule has 9 heteroatoms. The molecule has 41 heavy (non-hydrogen) atoms. The third-order valence-corrected chi connectivity index (χ3v) is 8.56. The number of carbonyl (C=O) groups is 2. The van der Waals surface area contributed by atoms with Crippen LogP contribution in [0.15, 0.2) is 65.6 Å². The third kappa shape index (κ3) is 6.81. The molecule has 2 heterocycles. The number of fused-ring (bicyclic) bond motifs is 3. The number of thioether (sulfide) groups is 1. The molecule has 2 aromatic rings. The molecule has 1 saturated carbocycles. The lowest BCUT2D eigenvalue weighted by Crippen LogP contribution is -2.64. The molecule has 2 aromatic carbocycles. The van der Waals surface area contributed by atoms with E-state index in [-0.39, 0.29) is 11.7 Å². The molecule has 0 unspecified atom stereocenters. The van der Waals surface area contributed by atoms with E-state index in [1.54, 1.807) is 60.2 Å². The lowest BCUT2D eigenvalue weighted by molar-refractivity contribution is -0.214. The van der Waals surface area contributed by atoms with Crippen LogP contribution in [-0.4, -0.2) is 60.1 Å². The second-order valence-corrected chi connectivity index (χ2v) is 14.0. The van der Waals surface area contributed by atoms with Gasteiger partial charge in [-0.05, 0) is 66.2 Å². The molecule has 3 aliphatic rings. The summed E-state index contributed by atoms with van der Waals surface area (Å²) in [5.74, 6) is -2.78. The summed E-state index contributed by atoms with van der Waals surface area (Å²) in [7, 11) is 0. The van der Waals surface area contributed by atoms with E-state index in [0.717, 1.165) is 10.5 Å². The van der Waals surface area contributed by atoms with Crippen molar-refractivity contribution in [3.05, 3.63) is 66.2 Å². The second-order valence-electron chi connectivity index (χ2n) is 12.7. The van der Waals surface area contributed by atoms with Gasteiger partial charge >= 0.3 is 11.9 Å². The summed E-state index contributed by atoms with van der Waals surface area (Å²) < 4.78 is 37.4. The smallest absolute Gasteiger partial charge is 0.311 e. The largest absolute Gasteiger partial charge is 0.455 e. The van der Waals surface area contributed by atoms with Crippen LogP contribution in [0.2, 0.25) is 0 Å². The Balaban J connectivity index is 1.44. The normalized spacial score (nSPS) is 30.6. The van der Waals surface area contributed by atoms with Gasteiger partial charge in [0.15, 0.2) is 23.8 Å². The molecule has 222 valence electrons. The SMILES string of the molecule is CC1(C)O[C@H]2[C@@H]3OC(C)(C)O[C@@H]3[C@@H](OC(=O)C(C)(C)C)[C@H](OC(=O)C[C@@H](Sc3ccccc3)c3ccccc3)[C@H]2O1. The van der Waals surface area contributed by atoms with Crippen molar-refractivity contribution < 1.29 is 38.0 Å². The van der Waals surface area contributed by atoms with Gasteiger partial charge in [-0.2, -0.15) is 0 Å². The number of ether oxygens (including phenoxy) is 6. The number of benzene rings is 2. The van der Waals surface area contributed by atoms with Crippen LogP contribution in [0.4, 0.5) is 0 Å². The molecule has 2 aliphatic heterocycles. The summed E-state index contributed by atoms with van der Waals surface area (Å²) in [6, 6.07) is 19.8. The Morgan fingerprint density at radius 3 is 1.73 bits per heavy atom. The summed E-state index contributed by atoms with van der Waals surface area (Å²) in [5, 5.41) is -0.198. The zero-order valence-corrected chi connectivity index (χ0v) is 25.5. The zero-order valence-electron chi connectivity index (χ0n) is 24.7. The van der Waals surface area contributed by atoms with E-state index in [0.29, 0.717) is 0 Å². The Morgan fingerprint density at radius 2 is 1.22 bits per heavy atom. The van der Waals surface area contributed by atoms with Gasteiger partial charge in [-0.15, -0.1) is 11.8 Å². The van der Waals surface area contributed by atoms with E-state index in [4.69, 9.17) is 28.4 Å². The van der Waals surface area contributed by atoms with E-state index < -0.39 is 65.6 Å². The van der Waals surface area contributed by atoms with E-state index >= 15 is 0 Å². The van der Waals surface area contributed by atoms with Crippen LogP contribution in [0.1, 0.15) is 65.7 Å². The van der Waals surface area contributed by atoms with Gasteiger partial charge in [-0.25, -0.2) is 0 Å². The monoisotopic (exact) mass is 584 g/mol. The highest BCUT2D eigenvalue weighted by atomic mass is 32.2. The molecule has 0 radical (unpaired) electrons. The molecule has 5 rings (SSSR count). The molecule has 0 amide bonds. The van der Waals surface area contributed by atoms with Gasteiger partial charge in [-0.1, -0.05) is 48.5 Å². The fourth-order valence-corrected chi connectivity index (χ4v) is 6.66. The Morgan fingerprint density at radius 1 is 0.756 bits per heavy atom. The fourth-order valence-electron chi connectivity index (χ4n) is 5.50. The molecule has 8 nitrogen and oxygen atoms in total. The molecular weight excluding hydrogens is 544 g/mol. The summed E-state index contributed by atoms with van der Waals surface area (Å²) >= 11 is 1.59. The Hall–Kier alpha value is -2.43. The minimum absolute atomic E-state index is 0.0958. The minimum atomic E-state index is -0.961. The Kier molecular flexibility index (Phi) is 8.31. The first kappa shape index (κ1) is 30.0. The maximum absolute atomic E-state index is 13.7. The van der Waals surface area contributed by atoms with Crippen molar-refractivity contribution in [2.24, 2.45) is 5.41 Å². The van der Waals surface area contributed by atoms with Crippen LogP contribution in [0, 0.1) is 5.41 Å². The van der Waals surface area contributed by atoms with Crippen molar-refractivity contribution in [3.8, 4) is 0 Å². The van der Waals surface area contributed by atoms with Crippen LogP contribution in [0.3, 0.4) is 0 Å². The third-order valence-electron chi connectivity index (χ3n) is 7.29. The summed E-state index contributed by atoms with van der Waals surface area (Å²) in [6.45, 7) is 12.5. The Bertz CT molecular complexity index is 1230. The van der Waals surface area contributed by atoms with E-state index in [9.17, 15) is 9.59 Å². The number of hydrogen-bond acceptors (Lipinski definition) is 9. The maximum Gasteiger partial charge on any atom is 0.311 e. The first-order chi connectivity index (χ1) is 19.2. The molecule has 0 N–H and O–H groups in total. The number of carbonyl (C=O) groups excluding carboxylic acids is 2. The number of rotatable bonds is 7. The van der Waals surface area contributed by atoms with Crippen LogP contribution in [-0.2, 0) is 38.0 Å². The van der Waals surface area contributed by atoms with Crippen LogP contribution in [0.5, 0.6) is 0 Å². The standard InChI is InChI=1S/C32H40O8S/c1-30(2,3)29(34)36-24-23(25-27(39-31(4,5)37-25)28-26(24)38-32(6,7)40-28)35-22(33)18-21(19-14-10-8-11-15-19)41-20-16-12-9-13-17-20/h8-17,21,23-28H,18H2,1-7H3/t21-,23+,24+,25-,26-,27-,28-/m1/s1. The predicted molar refractivity (Wildman–Crippen MR) is 153 cm³/mol. The van der Waals surface area contributed by atoms with Crippen LogP contribution < -0.4 is 0 Å². The molecule has 2 saturated heterocycles. The second kappa shape index (κ2) is 11.3. The topological polar surface area (TPSA) is 89.5 Å². The van der Waals surface area contributed by atoms with Crippen molar-refractivity contribution in [1.29, 1.82) is 0 Å². The van der Waals surface area contributed by atoms with Crippen LogP contribution in [0.25, 0.3) is 0 Å². The molecule has 0 spiro atoms. The highest BCUT2D eigenvalue weighted by molar-refractivity contribution is 7.99. The van der Waals surface area contributed by atoms with Gasteiger partial charge in [0, 0.05) is 10.1 Å². The van der Waals surface area contributed by atoms with Gasteiger partial charge in [-0.3, -0.25) is 9.59 Å². The van der Waals surface area contributed by atoms with E-state index in [1.807, 2.05) is 60.7 Å². The van der Waals surface area contributed by atoms with Crippen molar-refractivity contribution in [3.63, 3.8) is 0 Å². The summed E-state index contributed by atoms with van der Waals surface area (Å²) in [4.78, 5) is 27.9. The first-order valence-electron chi connectivity index (χ1n) is 14.1. The average Bonchev–Trinajstić information content (AvgIpc) is 3.40. The molecule has 7 atom stereocenters. The fraction of sp³-hybridized carbons (Fsp3) is 0.562. The lowest BCUT2D eigenvalue weighted by Gasteiger charge is -2.42. The maximum atomic E-state index is 13.7. The van der Waals surface area contributed by atoms with Gasteiger partial charge in [0.2, 0.25) is 0 Å². The predicted octanol–water partition coefficient (Wildman–Crippen LogP) is 5.83. The summed E-state index contributed by atoms with van der Waals surface area (Å²) in [5.41, 5.74) is 0.221. The van der Waals surface area contributed by atoms with Gasteiger partial charge in [0.1, 0.15) is 24.4 Å². The minimum Gasteiger partial charge on any atom is -0.455 e. The highest BCUT2D eigenvalue weighted by Crippen LogP contribution is 2.47. The first-order valence-corrected chi connectivity index (χ1v) is 15.0. The average molecular weight is 585 g/mol. The highest BCUT2D eigenvalue weighted by Gasteiger charge is 2.66. The molecule has 0 aromatic heterocycles.